The Morgan fingerprint density at radius 3 is 2.70 bits per heavy atom. The van der Waals surface area contributed by atoms with Crippen LogP contribution in [0.3, 0.4) is 0 Å². The van der Waals surface area contributed by atoms with E-state index < -0.39 is 23.6 Å². The molecule has 0 fully saturated rings. The molecule has 9 heteroatoms. The summed E-state index contributed by atoms with van der Waals surface area (Å²) in [6, 6.07) is 2.41. The van der Waals surface area contributed by atoms with E-state index in [4.69, 9.17) is 0 Å². The minimum absolute atomic E-state index is 0.106. The van der Waals surface area contributed by atoms with Crippen LogP contribution < -0.4 is 5.32 Å². The van der Waals surface area contributed by atoms with Crippen LogP contribution in [0.1, 0.15) is 35.8 Å². The predicted octanol–water partition coefficient (Wildman–Crippen LogP) is 4.29. The van der Waals surface area contributed by atoms with E-state index in [9.17, 15) is 18.4 Å². The molecule has 0 saturated carbocycles. The molecule has 27 heavy (non-hydrogen) atoms. The number of nitrogens with zero attached hydrogens (tertiary/aromatic N) is 2. The number of carbonyl (C=O) groups excluding carboxylic acids is 2. The highest BCUT2D eigenvalue weighted by Crippen LogP contribution is 2.18. The summed E-state index contributed by atoms with van der Waals surface area (Å²) in [6.45, 7) is 4.62. The van der Waals surface area contributed by atoms with Crippen LogP contribution in [0.25, 0.3) is 0 Å². The second-order valence-electron chi connectivity index (χ2n) is 6.28. The lowest BCUT2D eigenvalue weighted by Crippen LogP contribution is -2.36. The molecule has 1 heterocycles. The zero-order valence-corrected chi connectivity index (χ0v) is 16.1. The number of methoxy groups -OCH3 is 1. The number of urea groups is 1. The molecule has 2 aromatic rings. The molecule has 1 aromatic carbocycles. The predicted molar refractivity (Wildman–Crippen MR) is 98.7 cm³/mol. The first kappa shape index (κ1) is 20.8. The molecule has 0 aliphatic heterocycles. The van der Waals surface area contributed by atoms with Crippen molar-refractivity contribution >= 4 is 29.0 Å². The smallest absolute Gasteiger partial charge is 0.357 e. The molecule has 0 aliphatic carbocycles. The Kier molecular flexibility index (Phi) is 7.23. The van der Waals surface area contributed by atoms with Gasteiger partial charge in [-0.3, -0.25) is 0 Å². The molecule has 0 atom stereocenters. The number of hydrogen-bond acceptors (Lipinski definition) is 5. The highest BCUT2D eigenvalue weighted by Gasteiger charge is 2.19. The van der Waals surface area contributed by atoms with Crippen LogP contribution in [-0.2, 0) is 11.3 Å². The van der Waals surface area contributed by atoms with E-state index in [2.05, 4.69) is 15.0 Å². The number of ether oxygens (including phenoxy) is 1. The van der Waals surface area contributed by atoms with Crippen LogP contribution >= 0.6 is 11.3 Å². The Morgan fingerprint density at radius 1 is 1.33 bits per heavy atom. The van der Waals surface area contributed by atoms with Crippen LogP contribution in [0.5, 0.6) is 0 Å². The lowest BCUT2D eigenvalue weighted by atomic mass is 10.1. The molecule has 0 bridgehead atoms. The van der Waals surface area contributed by atoms with Crippen LogP contribution in [0.4, 0.5) is 19.3 Å². The van der Waals surface area contributed by atoms with Gasteiger partial charge in [-0.15, -0.1) is 11.3 Å². The van der Waals surface area contributed by atoms with Gasteiger partial charge < -0.3 is 15.0 Å². The lowest BCUT2D eigenvalue weighted by Gasteiger charge is -2.23. The zero-order valence-electron chi connectivity index (χ0n) is 15.3. The second-order valence-corrected chi connectivity index (χ2v) is 7.22. The number of halogens is 2. The maximum atomic E-state index is 13.8. The Bertz CT molecular complexity index is 811. The van der Waals surface area contributed by atoms with E-state index in [-0.39, 0.29) is 17.9 Å². The molecule has 0 aliphatic rings. The average molecular weight is 397 g/mol. The van der Waals surface area contributed by atoms with Crippen molar-refractivity contribution in [1.82, 2.24) is 9.88 Å². The topological polar surface area (TPSA) is 71.5 Å². The van der Waals surface area contributed by atoms with Crippen molar-refractivity contribution in [2.24, 2.45) is 5.92 Å². The fraction of sp³-hybridized carbons (Fsp3) is 0.389. The van der Waals surface area contributed by atoms with Crippen LogP contribution in [-0.4, -0.2) is 35.5 Å². The summed E-state index contributed by atoms with van der Waals surface area (Å²) in [7, 11) is 1.26. The molecule has 0 unspecified atom stereocenters. The lowest BCUT2D eigenvalue weighted by molar-refractivity contribution is 0.0594. The van der Waals surface area contributed by atoms with Crippen molar-refractivity contribution in [3.05, 3.63) is 45.9 Å². The van der Waals surface area contributed by atoms with Gasteiger partial charge in [0.2, 0.25) is 0 Å². The minimum atomic E-state index is -0.852. The largest absolute Gasteiger partial charge is 0.464 e. The standard InChI is InChI=1S/C18H21F2N3O3S/c1-11(2)6-7-23(9-16-21-15(10-27-16)17(24)26-3)18(25)22-14-5-4-12(19)8-13(14)20/h4-5,8,10-11H,6-7,9H2,1-3H3,(H,22,25). The summed E-state index contributed by atoms with van der Waals surface area (Å²) in [5, 5.41) is 4.56. The van der Waals surface area contributed by atoms with Gasteiger partial charge in [0.05, 0.1) is 19.3 Å². The van der Waals surface area contributed by atoms with Crippen molar-refractivity contribution < 1.29 is 23.1 Å². The van der Waals surface area contributed by atoms with Gasteiger partial charge in [-0.2, -0.15) is 0 Å². The molecule has 0 radical (unpaired) electrons. The fourth-order valence-electron chi connectivity index (χ4n) is 2.20. The molecule has 1 aromatic heterocycles. The molecule has 2 amide bonds. The fourth-order valence-corrected chi connectivity index (χ4v) is 2.97. The van der Waals surface area contributed by atoms with Gasteiger partial charge in [0.1, 0.15) is 16.6 Å². The number of benzene rings is 1. The third kappa shape index (κ3) is 5.99. The van der Waals surface area contributed by atoms with E-state index in [1.807, 2.05) is 13.8 Å². The maximum Gasteiger partial charge on any atom is 0.357 e. The quantitative estimate of drug-likeness (QED) is 0.708. The summed E-state index contributed by atoms with van der Waals surface area (Å²) < 4.78 is 31.5. The molecule has 2 rings (SSSR count). The van der Waals surface area contributed by atoms with Crippen molar-refractivity contribution in [2.45, 2.75) is 26.8 Å². The van der Waals surface area contributed by atoms with Crippen molar-refractivity contribution in [3.8, 4) is 0 Å². The van der Waals surface area contributed by atoms with Gasteiger partial charge in [-0.05, 0) is 24.5 Å². The Morgan fingerprint density at radius 2 is 2.07 bits per heavy atom. The number of aromatic nitrogens is 1. The van der Waals surface area contributed by atoms with E-state index in [0.29, 0.717) is 23.5 Å². The first-order valence-corrected chi connectivity index (χ1v) is 9.21. The number of rotatable bonds is 7. The summed E-state index contributed by atoms with van der Waals surface area (Å²) in [5.74, 6) is -1.77. The van der Waals surface area contributed by atoms with Gasteiger partial charge in [0, 0.05) is 18.0 Å². The van der Waals surface area contributed by atoms with Crippen LogP contribution in [0.2, 0.25) is 0 Å². The first-order valence-electron chi connectivity index (χ1n) is 8.33. The summed E-state index contributed by atoms with van der Waals surface area (Å²) in [5.41, 5.74) is 0.0663. The molecule has 1 N–H and O–H groups in total. The Balaban J connectivity index is 2.13. The summed E-state index contributed by atoms with van der Waals surface area (Å²) in [6.07, 6.45) is 0.731. The second kappa shape index (κ2) is 9.40. The number of esters is 1. The van der Waals surface area contributed by atoms with Crippen LogP contribution in [0, 0.1) is 17.6 Å². The molecular weight excluding hydrogens is 376 g/mol. The van der Waals surface area contributed by atoms with E-state index >= 15 is 0 Å². The number of nitrogens with one attached hydrogen (secondary N) is 1. The molecule has 146 valence electrons. The summed E-state index contributed by atoms with van der Waals surface area (Å²) in [4.78, 5) is 29.8. The Labute approximate surface area is 160 Å². The summed E-state index contributed by atoms with van der Waals surface area (Å²) >= 11 is 1.23. The van der Waals surface area contributed by atoms with Gasteiger partial charge in [0.25, 0.3) is 0 Å². The number of thiazole rings is 1. The van der Waals surface area contributed by atoms with E-state index in [0.717, 1.165) is 12.5 Å². The van der Waals surface area contributed by atoms with Crippen molar-refractivity contribution in [2.75, 3.05) is 19.0 Å². The molecule has 6 nitrogen and oxygen atoms in total. The van der Waals surface area contributed by atoms with Crippen molar-refractivity contribution in [1.29, 1.82) is 0 Å². The molecule has 0 saturated heterocycles. The monoisotopic (exact) mass is 397 g/mol. The SMILES string of the molecule is COC(=O)c1csc(CN(CCC(C)C)C(=O)Nc2ccc(F)cc2F)n1. The first-order chi connectivity index (χ1) is 12.8. The Hall–Kier alpha value is -2.55. The van der Waals surface area contributed by atoms with Gasteiger partial charge in [-0.1, -0.05) is 13.8 Å². The number of hydrogen-bond donors (Lipinski definition) is 1. The number of amides is 2. The number of anilines is 1. The molecule has 0 spiro atoms. The normalized spacial score (nSPS) is 10.7. The highest BCUT2D eigenvalue weighted by atomic mass is 32.1. The maximum absolute atomic E-state index is 13.8. The van der Waals surface area contributed by atoms with E-state index in [1.165, 1.54) is 29.4 Å². The van der Waals surface area contributed by atoms with Gasteiger partial charge in [-0.25, -0.2) is 23.4 Å². The number of carbonyl (C=O) groups is 2. The third-order valence-corrected chi connectivity index (χ3v) is 4.54. The van der Waals surface area contributed by atoms with Gasteiger partial charge in [0.15, 0.2) is 5.69 Å². The average Bonchev–Trinajstić information content (AvgIpc) is 3.08. The minimum Gasteiger partial charge on any atom is -0.464 e. The van der Waals surface area contributed by atoms with E-state index in [1.54, 1.807) is 5.38 Å². The highest BCUT2D eigenvalue weighted by molar-refractivity contribution is 7.09. The third-order valence-electron chi connectivity index (χ3n) is 3.71. The van der Waals surface area contributed by atoms with Crippen LogP contribution in [0.15, 0.2) is 23.6 Å². The van der Waals surface area contributed by atoms with Gasteiger partial charge >= 0.3 is 12.0 Å². The zero-order chi connectivity index (χ0) is 20.0. The molecular formula is C18H21F2N3O3S. The van der Waals surface area contributed by atoms with Crippen molar-refractivity contribution in [3.63, 3.8) is 0 Å².